The van der Waals surface area contributed by atoms with Gasteiger partial charge in [-0.25, -0.2) is 4.39 Å². The molecule has 1 heterocycles. The first-order valence-corrected chi connectivity index (χ1v) is 4.78. The lowest BCUT2D eigenvalue weighted by Crippen LogP contribution is -2.11. The SMILES string of the molecule is FCc1cccc2c1CCCNC2. The van der Waals surface area contributed by atoms with Crippen LogP contribution in [0.3, 0.4) is 0 Å². The van der Waals surface area contributed by atoms with Crippen molar-refractivity contribution in [2.75, 3.05) is 6.54 Å². The van der Waals surface area contributed by atoms with Crippen molar-refractivity contribution >= 4 is 0 Å². The van der Waals surface area contributed by atoms with E-state index >= 15 is 0 Å². The summed E-state index contributed by atoms with van der Waals surface area (Å²) in [7, 11) is 0. The smallest absolute Gasteiger partial charge is 0.115 e. The summed E-state index contributed by atoms with van der Waals surface area (Å²) in [6, 6.07) is 5.93. The molecular weight excluding hydrogens is 165 g/mol. The summed E-state index contributed by atoms with van der Waals surface area (Å²) in [5.41, 5.74) is 3.38. The van der Waals surface area contributed by atoms with Crippen molar-refractivity contribution in [3.8, 4) is 0 Å². The predicted molar refractivity (Wildman–Crippen MR) is 51.3 cm³/mol. The van der Waals surface area contributed by atoms with E-state index in [0.717, 1.165) is 31.5 Å². The van der Waals surface area contributed by atoms with Gasteiger partial charge in [-0.05, 0) is 36.1 Å². The molecule has 70 valence electrons. The van der Waals surface area contributed by atoms with Gasteiger partial charge in [0.25, 0.3) is 0 Å². The van der Waals surface area contributed by atoms with Gasteiger partial charge in [0.1, 0.15) is 6.67 Å². The number of nitrogens with one attached hydrogen (secondary N) is 1. The first-order valence-electron chi connectivity index (χ1n) is 4.78. The summed E-state index contributed by atoms with van der Waals surface area (Å²) in [4.78, 5) is 0. The maximum Gasteiger partial charge on any atom is 0.115 e. The minimum absolute atomic E-state index is 0.330. The van der Waals surface area contributed by atoms with Gasteiger partial charge in [-0.3, -0.25) is 0 Å². The molecule has 0 amide bonds. The molecule has 0 radical (unpaired) electrons. The van der Waals surface area contributed by atoms with Gasteiger partial charge in [0, 0.05) is 6.54 Å². The quantitative estimate of drug-likeness (QED) is 0.696. The lowest BCUT2D eigenvalue weighted by atomic mass is 9.99. The van der Waals surface area contributed by atoms with Crippen LogP contribution in [-0.2, 0) is 19.6 Å². The van der Waals surface area contributed by atoms with Crippen molar-refractivity contribution in [3.63, 3.8) is 0 Å². The molecule has 0 aliphatic carbocycles. The Morgan fingerprint density at radius 1 is 1.38 bits per heavy atom. The van der Waals surface area contributed by atoms with Crippen molar-refractivity contribution in [1.29, 1.82) is 0 Å². The summed E-state index contributed by atoms with van der Waals surface area (Å²) in [6.45, 7) is 1.60. The molecule has 0 fully saturated rings. The third-order valence-corrected chi connectivity index (χ3v) is 2.61. The second-order valence-electron chi connectivity index (χ2n) is 3.47. The molecule has 0 bridgehead atoms. The molecular formula is C11H14FN. The highest BCUT2D eigenvalue weighted by molar-refractivity contribution is 5.35. The molecule has 1 aromatic carbocycles. The zero-order valence-electron chi connectivity index (χ0n) is 7.65. The molecule has 0 saturated carbocycles. The van der Waals surface area contributed by atoms with Crippen LogP contribution in [0.1, 0.15) is 23.1 Å². The Balaban J connectivity index is 2.40. The fourth-order valence-corrected chi connectivity index (χ4v) is 1.91. The molecule has 0 spiro atoms. The Labute approximate surface area is 78.0 Å². The summed E-state index contributed by atoms with van der Waals surface area (Å²) in [5.74, 6) is 0. The molecule has 0 unspecified atom stereocenters. The molecule has 1 nitrogen and oxygen atoms in total. The largest absolute Gasteiger partial charge is 0.313 e. The van der Waals surface area contributed by atoms with Gasteiger partial charge in [-0.2, -0.15) is 0 Å². The zero-order valence-corrected chi connectivity index (χ0v) is 7.65. The minimum atomic E-state index is -0.330. The first kappa shape index (κ1) is 8.70. The minimum Gasteiger partial charge on any atom is -0.313 e. The van der Waals surface area contributed by atoms with Crippen LogP contribution in [0, 0.1) is 0 Å². The van der Waals surface area contributed by atoms with Crippen LogP contribution in [0.5, 0.6) is 0 Å². The number of fused-ring (bicyclic) bond motifs is 1. The molecule has 1 N–H and O–H groups in total. The van der Waals surface area contributed by atoms with Gasteiger partial charge in [-0.15, -0.1) is 0 Å². The lowest BCUT2D eigenvalue weighted by Gasteiger charge is -2.08. The van der Waals surface area contributed by atoms with Crippen molar-refractivity contribution in [1.82, 2.24) is 5.32 Å². The van der Waals surface area contributed by atoms with Crippen LogP contribution >= 0.6 is 0 Å². The fraction of sp³-hybridized carbons (Fsp3) is 0.455. The summed E-state index contributed by atoms with van der Waals surface area (Å²) >= 11 is 0. The van der Waals surface area contributed by atoms with Crippen LogP contribution in [-0.4, -0.2) is 6.54 Å². The van der Waals surface area contributed by atoms with E-state index in [9.17, 15) is 4.39 Å². The highest BCUT2D eigenvalue weighted by atomic mass is 19.1. The van der Waals surface area contributed by atoms with E-state index in [-0.39, 0.29) is 6.67 Å². The summed E-state index contributed by atoms with van der Waals surface area (Å²) in [6.07, 6.45) is 2.13. The number of hydrogen-bond acceptors (Lipinski definition) is 1. The Morgan fingerprint density at radius 2 is 2.31 bits per heavy atom. The maximum atomic E-state index is 12.6. The van der Waals surface area contributed by atoms with Crippen LogP contribution < -0.4 is 5.32 Å². The summed E-state index contributed by atoms with van der Waals surface area (Å²) in [5, 5.41) is 3.33. The highest BCUT2D eigenvalue weighted by Gasteiger charge is 2.10. The second kappa shape index (κ2) is 3.88. The van der Waals surface area contributed by atoms with Crippen molar-refractivity contribution in [2.24, 2.45) is 0 Å². The van der Waals surface area contributed by atoms with Gasteiger partial charge < -0.3 is 5.32 Å². The topological polar surface area (TPSA) is 12.0 Å². The number of rotatable bonds is 1. The second-order valence-corrected chi connectivity index (χ2v) is 3.47. The van der Waals surface area contributed by atoms with Gasteiger partial charge in [0.2, 0.25) is 0 Å². The highest BCUT2D eigenvalue weighted by Crippen LogP contribution is 2.19. The number of halogens is 1. The molecule has 0 aromatic heterocycles. The maximum absolute atomic E-state index is 12.6. The Morgan fingerprint density at radius 3 is 3.15 bits per heavy atom. The molecule has 2 rings (SSSR count). The molecule has 1 aromatic rings. The third-order valence-electron chi connectivity index (χ3n) is 2.61. The van der Waals surface area contributed by atoms with E-state index in [2.05, 4.69) is 11.4 Å². The Kier molecular flexibility index (Phi) is 2.60. The van der Waals surface area contributed by atoms with Gasteiger partial charge in [0.15, 0.2) is 0 Å². The van der Waals surface area contributed by atoms with E-state index in [0.29, 0.717) is 0 Å². The fourth-order valence-electron chi connectivity index (χ4n) is 1.91. The number of alkyl halides is 1. The van der Waals surface area contributed by atoms with E-state index in [1.54, 1.807) is 0 Å². The van der Waals surface area contributed by atoms with Gasteiger partial charge >= 0.3 is 0 Å². The number of benzene rings is 1. The van der Waals surface area contributed by atoms with Crippen LogP contribution in [0.25, 0.3) is 0 Å². The molecule has 1 aliphatic heterocycles. The average Bonchev–Trinajstić information content (AvgIpc) is 2.41. The monoisotopic (exact) mass is 179 g/mol. The predicted octanol–water partition coefficient (Wildman–Crippen LogP) is 2.19. The third kappa shape index (κ3) is 1.73. The summed E-state index contributed by atoms with van der Waals surface area (Å²) < 4.78 is 12.6. The van der Waals surface area contributed by atoms with E-state index < -0.39 is 0 Å². The Hall–Kier alpha value is -0.890. The normalized spacial score (nSPS) is 16.4. The van der Waals surface area contributed by atoms with Crippen LogP contribution in [0.2, 0.25) is 0 Å². The van der Waals surface area contributed by atoms with Gasteiger partial charge in [-0.1, -0.05) is 18.2 Å². The van der Waals surface area contributed by atoms with Crippen LogP contribution in [0.4, 0.5) is 4.39 Å². The molecule has 0 saturated heterocycles. The molecule has 0 atom stereocenters. The lowest BCUT2D eigenvalue weighted by molar-refractivity contribution is 0.482. The van der Waals surface area contributed by atoms with Crippen molar-refractivity contribution < 1.29 is 4.39 Å². The van der Waals surface area contributed by atoms with Crippen molar-refractivity contribution in [3.05, 3.63) is 34.9 Å². The van der Waals surface area contributed by atoms with E-state index in [1.165, 1.54) is 11.1 Å². The van der Waals surface area contributed by atoms with E-state index in [4.69, 9.17) is 0 Å². The van der Waals surface area contributed by atoms with E-state index in [1.807, 2.05) is 12.1 Å². The van der Waals surface area contributed by atoms with Crippen LogP contribution in [0.15, 0.2) is 18.2 Å². The zero-order chi connectivity index (χ0) is 9.10. The Bertz CT molecular complexity index is 296. The average molecular weight is 179 g/mol. The van der Waals surface area contributed by atoms with Gasteiger partial charge in [0.05, 0.1) is 0 Å². The molecule has 1 aliphatic rings. The first-order chi connectivity index (χ1) is 6.42. The molecule has 13 heavy (non-hydrogen) atoms. The number of hydrogen-bond donors (Lipinski definition) is 1. The van der Waals surface area contributed by atoms with Crippen molar-refractivity contribution in [2.45, 2.75) is 26.1 Å². The standard InChI is InChI=1S/C11H14FN/c12-7-9-3-1-4-10-8-13-6-2-5-11(9)10/h1,3-4,13H,2,5-8H2. The molecule has 2 heteroatoms.